The van der Waals surface area contributed by atoms with E-state index >= 15 is 0 Å². The van der Waals surface area contributed by atoms with Crippen molar-refractivity contribution >= 4 is 46.1 Å². The van der Waals surface area contributed by atoms with Gasteiger partial charge in [0.1, 0.15) is 5.82 Å². The zero-order valence-corrected chi connectivity index (χ0v) is 20.4. The van der Waals surface area contributed by atoms with Gasteiger partial charge < -0.3 is 15.2 Å². The maximum atomic E-state index is 12.7. The Bertz CT molecular complexity index is 1510. The number of likely N-dealkylation sites (tertiary alicyclic amines) is 1. The largest absolute Gasteiger partial charge is 0.324 e. The molecule has 0 saturated carbocycles. The molecular formula is C24H20Cl2N8O2. The number of hydrogen-bond acceptors (Lipinski definition) is 6. The van der Waals surface area contributed by atoms with Crippen LogP contribution in [0, 0.1) is 11.3 Å². The highest BCUT2D eigenvalue weighted by Crippen LogP contribution is 2.28. The predicted molar refractivity (Wildman–Crippen MR) is 135 cm³/mol. The van der Waals surface area contributed by atoms with E-state index in [0.717, 1.165) is 0 Å². The Morgan fingerprint density at radius 3 is 2.50 bits per heavy atom. The molecule has 36 heavy (non-hydrogen) atoms. The Labute approximate surface area is 215 Å². The standard InChI is InChI=1S/C24H20Cl2N8O2/c25-18-2-1-3-19(26)17(18)13-34-22-20(31-32-34)23(35)30-21(29-22)15-8-10-33(11-9-15)24(36)28-16-6-4-14(12-27)5-7-16/h1-7,15H,8-11,13H2,(H,28,36)(H,29,30,35). The quantitative estimate of drug-likeness (QED) is 0.413. The number of urea groups is 1. The van der Waals surface area contributed by atoms with Gasteiger partial charge in [-0.2, -0.15) is 5.26 Å². The number of fused-ring (bicyclic) bond motifs is 1. The summed E-state index contributed by atoms with van der Waals surface area (Å²) < 4.78 is 1.52. The van der Waals surface area contributed by atoms with Gasteiger partial charge in [-0.1, -0.05) is 34.5 Å². The second kappa shape index (κ2) is 9.97. The van der Waals surface area contributed by atoms with Crippen LogP contribution in [-0.2, 0) is 6.54 Å². The van der Waals surface area contributed by atoms with Gasteiger partial charge in [-0.25, -0.2) is 14.5 Å². The lowest BCUT2D eigenvalue weighted by Crippen LogP contribution is -2.41. The lowest BCUT2D eigenvalue weighted by Gasteiger charge is -2.31. The number of amides is 2. The third kappa shape index (κ3) is 4.76. The predicted octanol–water partition coefficient (Wildman–Crippen LogP) is 4.15. The van der Waals surface area contributed by atoms with Gasteiger partial charge in [-0.3, -0.25) is 4.79 Å². The monoisotopic (exact) mass is 522 g/mol. The van der Waals surface area contributed by atoms with Crippen molar-refractivity contribution in [1.29, 1.82) is 5.26 Å². The fraction of sp³-hybridized carbons (Fsp3) is 0.250. The first-order valence-electron chi connectivity index (χ1n) is 11.3. The number of carbonyl (C=O) groups excluding carboxylic acids is 1. The van der Waals surface area contributed by atoms with E-state index in [1.807, 2.05) is 6.07 Å². The summed E-state index contributed by atoms with van der Waals surface area (Å²) in [6.07, 6.45) is 1.26. The summed E-state index contributed by atoms with van der Waals surface area (Å²) in [4.78, 5) is 34.6. The Hall–Kier alpha value is -3.94. The molecule has 0 bridgehead atoms. The summed E-state index contributed by atoms with van der Waals surface area (Å²) in [5, 5.41) is 20.8. The number of aromatic nitrogens is 5. The highest BCUT2D eigenvalue weighted by Gasteiger charge is 2.26. The van der Waals surface area contributed by atoms with Crippen LogP contribution < -0.4 is 10.9 Å². The average Bonchev–Trinajstić information content (AvgIpc) is 3.30. The van der Waals surface area contributed by atoms with Crippen LogP contribution in [0.4, 0.5) is 10.5 Å². The minimum Gasteiger partial charge on any atom is -0.324 e. The van der Waals surface area contributed by atoms with E-state index in [9.17, 15) is 9.59 Å². The van der Waals surface area contributed by atoms with Gasteiger partial charge in [0.15, 0.2) is 11.2 Å². The van der Waals surface area contributed by atoms with Crippen LogP contribution in [-0.4, -0.2) is 49.0 Å². The van der Waals surface area contributed by atoms with Gasteiger partial charge >= 0.3 is 6.03 Å². The number of hydrogen-bond donors (Lipinski definition) is 2. The first kappa shape index (κ1) is 23.8. The average molecular weight is 523 g/mol. The normalized spacial score (nSPS) is 14.1. The molecule has 0 radical (unpaired) electrons. The number of H-pyrrole nitrogens is 1. The summed E-state index contributed by atoms with van der Waals surface area (Å²) >= 11 is 12.6. The number of anilines is 1. The summed E-state index contributed by atoms with van der Waals surface area (Å²) in [6, 6.07) is 13.8. The highest BCUT2D eigenvalue weighted by atomic mass is 35.5. The first-order valence-corrected chi connectivity index (χ1v) is 12.0. The second-order valence-electron chi connectivity index (χ2n) is 8.45. The molecule has 1 saturated heterocycles. The molecule has 3 heterocycles. The van der Waals surface area contributed by atoms with Crippen LogP contribution >= 0.6 is 23.2 Å². The molecule has 2 aromatic heterocycles. The van der Waals surface area contributed by atoms with Crippen molar-refractivity contribution in [2.45, 2.75) is 25.3 Å². The van der Waals surface area contributed by atoms with Crippen molar-refractivity contribution in [3.05, 3.63) is 79.8 Å². The molecule has 0 atom stereocenters. The molecule has 182 valence electrons. The van der Waals surface area contributed by atoms with Crippen LogP contribution in [0.25, 0.3) is 11.2 Å². The Morgan fingerprint density at radius 2 is 1.83 bits per heavy atom. The van der Waals surface area contributed by atoms with Crippen molar-refractivity contribution in [3.8, 4) is 6.07 Å². The second-order valence-corrected chi connectivity index (χ2v) is 9.27. The summed E-state index contributed by atoms with van der Waals surface area (Å²) in [5.74, 6) is 0.502. The number of aromatic amines is 1. The molecule has 5 rings (SSSR count). The van der Waals surface area contributed by atoms with Crippen LogP contribution in [0.5, 0.6) is 0 Å². The lowest BCUT2D eigenvalue weighted by molar-refractivity contribution is 0.193. The first-order chi connectivity index (χ1) is 17.4. The lowest BCUT2D eigenvalue weighted by atomic mass is 9.96. The van der Waals surface area contributed by atoms with Crippen molar-refractivity contribution in [2.24, 2.45) is 0 Å². The molecule has 2 aromatic carbocycles. The van der Waals surface area contributed by atoms with E-state index < -0.39 is 0 Å². The summed E-state index contributed by atoms with van der Waals surface area (Å²) in [5.41, 5.74) is 1.94. The molecule has 1 aliphatic rings. The van der Waals surface area contributed by atoms with E-state index in [2.05, 4.69) is 25.6 Å². The maximum absolute atomic E-state index is 12.7. The Kier molecular flexibility index (Phi) is 6.59. The van der Waals surface area contributed by atoms with E-state index in [-0.39, 0.29) is 29.6 Å². The molecule has 12 heteroatoms. The molecule has 1 fully saturated rings. The fourth-order valence-corrected chi connectivity index (χ4v) is 4.72. The van der Waals surface area contributed by atoms with E-state index in [1.165, 1.54) is 4.68 Å². The van der Waals surface area contributed by atoms with E-state index in [0.29, 0.717) is 64.3 Å². The molecule has 0 spiro atoms. The van der Waals surface area contributed by atoms with Gasteiger partial charge in [0, 0.05) is 40.3 Å². The third-order valence-electron chi connectivity index (χ3n) is 6.20. The van der Waals surface area contributed by atoms with Crippen LogP contribution in [0.15, 0.2) is 47.3 Å². The van der Waals surface area contributed by atoms with E-state index in [4.69, 9.17) is 28.5 Å². The zero-order chi connectivity index (χ0) is 25.2. The molecule has 0 unspecified atom stereocenters. The highest BCUT2D eigenvalue weighted by molar-refractivity contribution is 6.36. The number of rotatable bonds is 4. The summed E-state index contributed by atoms with van der Waals surface area (Å²) in [7, 11) is 0. The molecule has 2 amide bonds. The number of nitriles is 1. The molecule has 1 aliphatic heterocycles. The van der Waals surface area contributed by atoms with Crippen molar-refractivity contribution in [3.63, 3.8) is 0 Å². The third-order valence-corrected chi connectivity index (χ3v) is 6.90. The number of halogens is 2. The van der Waals surface area contributed by atoms with Crippen molar-refractivity contribution < 1.29 is 4.79 Å². The Morgan fingerprint density at radius 1 is 1.14 bits per heavy atom. The van der Waals surface area contributed by atoms with Crippen LogP contribution in [0.2, 0.25) is 10.0 Å². The minimum atomic E-state index is -0.368. The number of benzene rings is 2. The molecule has 10 nitrogen and oxygen atoms in total. The van der Waals surface area contributed by atoms with Crippen LogP contribution in [0.1, 0.15) is 35.7 Å². The van der Waals surface area contributed by atoms with Gasteiger partial charge in [0.25, 0.3) is 5.56 Å². The van der Waals surface area contributed by atoms with Crippen molar-refractivity contribution in [2.75, 3.05) is 18.4 Å². The molecule has 4 aromatic rings. The summed E-state index contributed by atoms with van der Waals surface area (Å²) in [6.45, 7) is 1.22. The molecular weight excluding hydrogens is 503 g/mol. The van der Waals surface area contributed by atoms with Gasteiger partial charge in [0.2, 0.25) is 0 Å². The molecule has 0 aliphatic carbocycles. The minimum absolute atomic E-state index is 0.0340. The number of nitrogens with one attached hydrogen (secondary N) is 2. The number of nitrogens with zero attached hydrogens (tertiary/aromatic N) is 6. The number of piperidine rings is 1. The maximum Gasteiger partial charge on any atom is 0.321 e. The smallest absolute Gasteiger partial charge is 0.321 e. The van der Waals surface area contributed by atoms with Gasteiger partial charge in [-0.05, 0) is 49.2 Å². The fourth-order valence-electron chi connectivity index (χ4n) is 4.20. The van der Waals surface area contributed by atoms with E-state index in [1.54, 1.807) is 47.4 Å². The number of carbonyl (C=O) groups is 1. The van der Waals surface area contributed by atoms with Gasteiger partial charge in [0.05, 0.1) is 18.2 Å². The van der Waals surface area contributed by atoms with Crippen molar-refractivity contribution in [1.82, 2.24) is 29.9 Å². The molecule has 2 N–H and O–H groups in total. The Balaban J connectivity index is 1.30. The zero-order valence-electron chi connectivity index (χ0n) is 18.9. The SMILES string of the molecule is N#Cc1ccc(NC(=O)N2CCC(c3nc4c(nnn4Cc4c(Cl)cccc4Cl)c(=O)[nH]3)CC2)cc1. The van der Waals surface area contributed by atoms with Gasteiger partial charge in [-0.15, -0.1) is 5.10 Å². The van der Waals surface area contributed by atoms with Crippen LogP contribution in [0.3, 0.4) is 0 Å². The topological polar surface area (TPSA) is 133 Å².